The van der Waals surface area contributed by atoms with Gasteiger partial charge in [-0.25, -0.2) is 0 Å². The molecule has 4 nitrogen and oxygen atoms in total. The van der Waals surface area contributed by atoms with Gasteiger partial charge in [-0.15, -0.1) is 0 Å². The molecule has 5 aromatic carbocycles. The number of pyridine rings is 1. The molecule has 9 rings (SSSR count). The molecule has 0 radical (unpaired) electrons. The van der Waals surface area contributed by atoms with Gasteiger partial charge in [0.25, 0.3) is 0 Å². The smallest absolute Gasteiger partial charge is 0.201 e. The summed E-state index contributed by atoms with van der Waals surface area (Å²) in [7, 11) is 0. The van der Waals surface area contributed by atoms with E-state index in [1.165, 1.54) is 33.2 Å². The molecular weight excluding hydrogens is 528 g/mol. The standard InChI is InChI=1S/C39H26N2O2/c1-39(2)31-11-5-3-8-26(31)27-18-19-28-30-22-40-21-20-32(30)41(37(28)36(27)39)24-16-14-23(15-17-24)25-10-7-13-34-35(25)38(42)29-9-4-6-12-33(29)43-34/h3-22H,1-2H3. The molecule has 0 unspecified atom stereocenters. The lowest BCUT2D eigenvalue weighted by molar-refractivity contribution is 0.660. The number of hydrogen-bond acceptors (Lipinski definition) is 3. The second-order valence-electron chi connectivity index (χ2n) is 11.9. The van der Waals surface area contributed by atoms with Crippen molar-refractivity contribution in [2.45, 2.75) is 19.3 Å². The summed E-state index contributed by atoms with van der Waals surface area (Å²) in [5.41, 5.74) is 11.5. The molecule has 0 spiro atoms. The second-order valence-corrected chi connectivity index (χ2v) is 11.9. The van der Waals surface area contributed by atoms with Crippen LogP contribution in [0.1, 0.15) is 25.0 Å². The molecule has 0 saturated heterocycles. The van der Waals surface area contributed by atoms with Gasteiger partial charge >= 0.3 is 0 Å². The Kier molecular flexibility index (Phi) is 4.79. The van der Waals surface area contributed by atoms with Crippen LogP contribution in [0.2, 0.25) is 0 Å². The first-order chi connectivity index (χ1) is 21.0. The van der Waals surface area contributed by atoms with E-state index in [0.29, 0.717) is 21.9 Å². The van der Waals surface area contributed by atoms with Gasteiger partial charge in [-0.3, -0.25) is 9.78 Å². The van der Waals surface area contributed by atoms with Crippen molar-refractivity contribution in [1.82, 2.24) is 9.55 Å². The topological polar surface area (TPSA) is 48.0 Å². The van der Waals surface area contributed by atoms with Crippen molar-refractivity contribution in [2.24, 2.45) is 0 Å². The van der Waals surface area contributed by atoms with Crippen LogP contribution in [-0.2, 0) is 5.41 Å². The van der Waals surface area contributed by atoms with Crippen molar-refractivity contribution in [2.75, 3.05) is 0 Å². The Labute approximate surface area is 247 Å². The molecule has 43 heavy (non-hydrogen) atoms. The summed E-state index contributed by atoms with van der Waals surface area (Å²) in [6.45, 7) is 4.66. The summed E-state index contributed by atoms with van der Waals surface area (Å²) < 4.78 is 8.53. The molecular formula is C39H26N2O2. The Balaban J connectivity index is 1.29. The Morgan fingerprint density at radius 2 is 1.44 bits per heavy atom. The van der Waals surface area contributed by atoms with Gasteiger partial charge in [-0.2, -0.15) is 0 Å². The summed E-state index contributed by atoms with van der Waals surface area (Å²) in [6.07, 6.45) is 3.84. The lowest BCUT2D eigenvalue weighted by Crippen LogP contribution is -2.16. The molecule has 0 atom stereocenters. The van der Waals surface area contributed by atoms with E-state index in [2.05, 4.69) is 90.1 Å². The van der Waals surface area contributed by atoms with Crippen LogP contribution in [-0.4, -0.2) is 9.55 Å². The predicted octanol–water partition coefficient (Wildman–Crippen LogP) is 9.41. The van der Waals surface area contributed by atoms with Gasteiger partial charge in [-0.05, 0) is 69.8 Å². The molecule has 4 heteroatoms. The number of nitrogens with zero attached hydrogens (tertiary/aromatic N) is 2. The molecule has 204 valence electrons. The van der Waals surface area contributed by atoms with Crippen molar-refractivity contribution in [3.8, 4) is 27.9 Å². The maximum absolute atomic E-state index is 13.6. The largest absolute Gasteiger partial charge is 0.456 e. The molecule has 0 saturated carbocycles. The van der Waals surface area contributed by atoms with Gasteiger partial charge in [0.2, 0.25) is 5.43 Å². The van der Waals surface area contributed by atoms with E-state index in [0.717, 1.165) is 27.7 Å². The summed E-state index contributed by atoms with van der Waals surface area (Å²) in [6, 6.07) is 37.2. The Bertz CT molecular complexity index is 2500. The van der Waals surface area contributed by atoms with Crippen molar-refractivity contribution in [3.63, 3.8) is 0 Å². The van der Waals surface area contributed by atoms with Gasteiger partial charge < -0.3 is 8.98 Å². The third-order valence-corrected chi connectivity index (χ3v) is 9.29. The molecule has 0 amide bonds. The first kappa shape index (κ1) is 24.2. The SMILES string of the molecule is CC1(C)c2ccccc2-c2ccc3c4cnccc4n(-c4ccc(-c5cccc6oc7ccccc7c(=O)c56)cc4)c3c21. The predicted molar refractivity (Wildman–Crippen MR) is 175 cm³/mol. The van der Waals surface area contributed by atoms with E-state index in [4.69, 9.17) is 4.42 Å². The quantitative estimate of drug-likeness (QED) is 0.200. The van der Waals surface area contributed by atoms with Gasteiger partial charge in [-0.1, -0.05) is 86.6 Å². The van der Waals surface area contributed by atoms with Crippen molar-refractivity contribution in [1.29, 1.82) is 0 Å². The van der Waals surface area contributed by atoms with E-state index in [1.54, 1.807) is 0 Å². The van der Waals surface area contributed by atoms with Crippen molar-refractivity contribution >= 4 is 43.7 Å². The molecule has 8 aromatic rings. The number of hydrogen-bond donors (Lipinski definition) is 0. The first-order valence-corrected chi connectivity index (χ1v) is 14.6. The summed E-state index contributed by atoms with van der Waals surface area (Å²) in [4.78, 5) is 18.1. The van der Waals surface area contributed by atoms with Crippen molar-refractivity contribution in [3.05, 3.63) is 143 Å². The van der Waals surface area contributed by atoms with E-state index in [9.17, 15) is 4.79 Å². The average Bonchev–Trinajstić information content (AvgIpc) is 3.50. The zero-order chi connectivity index (χ0) is 28.9. The minimum atomic E-state index is -0.162. The number of para-hydroxylation sites is 1. The number of rotatable bonds is 2. The van der Waals surface area contributed by atoms with Crippen LogP contribution >= 0.6 is 0 Å². The first-order valence-electron chi connectivity index (χ1n) is 14.6. The van der Waals surface area contributed by atoms with Crippen LogP contribution in [0.15, 0.2) is 131 Å². The molecule has 1 aliphatic rings. The lowest BCUT2D eigenvalue weighted by Gasteiger charge is -2.23. The fourth-order valence-electron chi connectivity index (χ4n) is 7.35. The molecule has 0 aliphatic heterocycles. The molecule has 3 heterocycles. The van der Waals surface area contributed by atoms with Crippen LogP contribution in [0.25, 0.3) is 71.7 Å². The highest BCUT2D eigenvalue weighted by atomic mass is 16.3. The Hall–Kier alpha value is -5.48. The number of fused-ring (bicyclic) bond motifs is 9. The minimum Gasteiger partial charge on any atom is -0.456 e. The molecule has 3 aromatic heterocycles. The van der Waals surface area contributed by atoms with Crippen molar-refractivity contribution < 1.29 is 4.42 Å². The fourth-order valence-corrected chi connectivity index (χ4v) is 7.35. The Morgan fingerprint density at radius 3 is 2.33 bits per heavy atom. The molecule has 0 fully saturated rings. The monoisotopic (exact) mass is 554 g/mol. The van der Waals surface area contributed by atoms with E-state index >= 15 is 0 Å². The van der Waals surface area contributed by atoms with Gasteiger partial charge in [0.15, 0.2) is 0 Å². The minimum absolute atomic E-state index is 0.0104. The number of benzene rings is 5. The maximum Gasteiger partial charge on any atom is 0.201 e. The zero-order valence-corrected chi connectivity index (χ0v) is 23.8. The highest BCUT2D eigenvalue weighted by molar-refractivity contribution is 6.13. The normalized spacial score (nSPS) is 13.6. The zero-order valence-electron chi connectivity index (χ0n) is 23.8. The van der Waals surface area contributed by atoms with Gasteiger partial charge in [0.05, 0.1) is 21.8 Å². The van der Waals surface area contributed by atoms with E-state index < -0.39 is 0 Å². The average molecular weight is 555 g/mol. The van der Waals surface area contributed by atoms with Crippen LogP contribution in [0.4, 0.5) is 0 Å². The van der Waals surface area contributed by atoms with Gasteiger partial charge in [0.1, 0.15) is 11.2 Å². The Morgan fingerprint density at radius 1 is 0.674 bits per heavy atom. The molecule has 0 N–H and O–H groups in total. The van der Waals surface area contributed by atoms with E-state index in [1.807, 2.05) is 54.9 Å². The highest BCUT2D eigenvalue weighted by Crippen LogP contribution is 2.52. The van der Waals surface area contributed by atoms with Crippen LogP contribution < -0.4 is 5.43 Å². The molecule has 1 aliphatic carbocycles. The lowest BCUT2D eigenvalue weighted by atomic mass is 9.81. The van der Waals surface area contributed by atoms with Crippen LogP contribution in [0, 0.1) is 0 Å². The highest BCUT2D eigenvalue weighted by Gasteiger charge is 2.38. The third-order valence-electron chi connectivity index (χ3n) is 9.29. The fraction of sp³-hybridized carbons (Fsp3) is 0.0769. The number of aromatic nitrogens is 2. The maximum atomic E-state index is 13.6. The summed E-state index contributed by atoms with van der Waals surface area (Å²) in [5.74, 6) is 0. The van der Waals surface area contributed by atoms with Crippen LogP contribution in [0.5, 0.6) is 0 Å². The summed E-state index contributed by atoms with van der Waals surface area (Å²) in [5, 5.41) is 3.53. The van der Waals surface area contributed by atoms with Gasteiger partial charge in [0, 0.05) is 34.3 Å². The summed E-state index contributed by atoms with van der Waals surface area (Å²) >= 11 is 0. The third kappa shape index (κ3) is 3.21. The van der Waals surface area contributed by atoms with E-state index in [-0.39, 0.29) is 10.8 Å². The van der Waals surface area contributed by atoms with Crippen LogP contribution in [0.3, 0.4) is 0 Å². The second kappa shape index (κ2) is 8.52. The molecule has 0 bridgehead atoms.